The van der Waals surface area contributed by atoms with E-state index in [-0.39, 0.29) is 24.1 Å². The highest BCUT2D eigenvalue weighted by molar-refractivity contribution is 7.89. The maximum absolute atomic E-state index is 10.9. The Labute approximate surface area is 87.2 Å². The smallest absolute Gasteiger partial charge is 0.243 e. The summed E-state index contributed by atoms with van der Waals surface area (Å²) in [4.78, 5) is 3.82. The first-order valence-corrected chi connectivity index (χ1v) is 6.35. The van der Waals surface area contributed by atoms with Crippen molar-refractivity contribution >= 4 is 9.84 Å². The summed E-state index contributed by atoms with van der Waals surface area (Å²) in [5, 5.41) is 12.1. The Bertz CT molecular complexity index is 414. The second kappa shape index (κ2) is 4.69. The Morgan fingerprint density at radius 3 is 2.80 bits per heavy atom. The quantitative estimate of drug-likeness (QED) is 0.671. The van der Waals surface area contributed by atoms with Crippen molar-refractivity contribution in [2.24, 2.45) is 5.73 Å². The van der Waals surface area contributed by atoms with Crippen LogP contribution >= 0.6 is 0 Å². The minimum Gasteiger partial charge on any atom is -0.396 e. The summed E-state index contributed by atoms with van der Waals surface area (Å²) in [6.45, 7) is -0.0923. The van der Waals surface area contributed by atoms with Crippen molar-refractivity contribution in [1.82, 2.24) is 10.1 Å². The number of aliphatic hydroxyl groups excluding tert-OH is 1. The molecule has 0 fully saturated rings. The number of sulfone groups is 1. The lowest BCUT2D eigenvalue weighted by Gasteiger charge is -2.01. The van der Waals surface area contributed by atoms with Crippen molar-refractivity contribution in [3.63, 3.8) is 0 Å². The van der Waals surface area contributed by atoms with Crippen LogP contribution < -0.4 is 5.73 Å². The van der Waals surface area contributed by atoms with Crippen LogP contribution in [0, 0.1) is 0 Å². The monoisotopic (exact) mass is 235 g/mol. The van der Waals surface area contributed by atoms with Crippen molar-refractivity contribution in [3.05, 3.63) is 11.7 Å². The van der Waals surface area contributed by atoms with Gasteiger partial charge in [0.2, 0.25) is 5.89 Å². The van der Waals surface area contributed by atoms with Gasteiger partial charge in [0, 0.05) is 12.9 Å². The third kappa shape index (κ3) is 3.94. The van der Waals surface area contributed by atoms with Crippen LogP contribution in [0.15, 0.2) is 4.52 Å². The molecule has 0 aliphatic heterocycles. The van der Waals surface area contributed by atoms with Gasteiger partial charge in [-0.25, -0.2) is 8.42 Å². The zero-order chi connectivity index (χ0) is 11.5. The van der Waals surface area contributed by atoms with Crippen LogP contribution in [-0.4, -0.2) is 36.5 Å². The summed E-state index contributed by atoms with van der Waals surface area (Å²) >= 11 is 0. The zero-order valence-electron chi connectivity index (χ0n) is 8.25. The fourth-order valence-corrected chi connectivity index (χ4v) is 1.56. The van der Waals surface area contributed by atoms with E-state index in [0.717, 1.165) is 6.26 Å². The predicted molar refractivity (Wildman–Crippen MR) is 51.5 cm³/mol. The van der Waals surface area contributed by atoms with Crippen molar-refractivity contribution in [2.45, 2.75) is 18.2 Å². The van der Waals surface area contributed by atoms with E-state index >= 15 is 0 Å². The number of nitrogens with zero attached hydrogens (tertiary/aromatic N) is 2. The summed E-state index contributed by atoms with van der Waals surface area (Å²) in [6.07, 6.45) is 1.37. The number of aromatic nitrogens is 2. The Balaban J connectivity index is 2.72. The standard InChI is InChI=1S/C7H13N3O4S/c1-15(12,13)4-6-9-7(14-10-6)5(8)2-3-11/h5,11H,2-4,8H2,1H3. The van der Waals surface area contributed by atoms with E-state index in [9.17, 15) is 8.42 Å². The lowest BCUT2D eigenvalue weighted by molar-refractivity contribution is 0.259. The summed E-state index contributed by atoms with van der Waals surface area (Å²) in [7, 11) is -3.18. The van der Waals surface area contributed by atoms with Gasteiger partial charge in [0.25, 0.3) is 0 Å². The molecule has 0 saturated carbocycles. The van der Waals surface area contributed by atoms with E-state index in [1.54, 1.807) is 0 Å². The topological polar surface area (TPSA) is 119 Å². The van der Waals surface area contributed by atoms with Crippen molar-refractivity contribution < 1.29 is 18.0 Å². The van der Waals surface area contributed by atoms with Gasteiger partial charge in [0.15, 0.2) is 15.7 Å². The first-order chi connectivity index (χ1) is 6.92. The normalized spacial score (nSPS) is 14.1. The summed E-state index contributed by atoms with van der Waals surface area (Å²) in [6, 6.07) is -0.559. The van der Waals surface area contributed by atoms with Gasteiger partial charge < -0.3 is 15.4 Å². The lowest BCUT2D eigenvalue weighted by Crippen LogP contribution is -2.12. The van der Waals surface area contributed by atoms with E-state index in [4.69, 9.17) is 15.4 Å². The Kier molecular flexibility index (Phi) is 3.77. The molecule has 0 amide bonds. The molecular weight excluding hydrogens is 222 g/mol. The highest BCUT2D eigenvalue weighted by Gasteiger charge is 2.16. The third-order valence-electron chi connectivity index (χ3n) is 1.63. The molecule has 1 aromatic rings. The molecule has 0 spiro atoms. The van der Waals surface area contributed by atoms with E-state index in [1.165, 1.54) is 0 Å². The van der Waals surface area contributed by atoms with Crippen LogP contribution in [0.1, 0.15) is 24.2 Å². The van der Waals surface area contributed by atoms with Gasteiger partial charge in [-0.1, -0.05) is 5.16 Å². The van der Waals surface area contributed by atoms with Gasteiger partial charge in [-0.2, -0.15) is 4.98 Å². The largest absolute Gasteiger partial charge is 0.396 e. The molecule has 0 saturated heterocycles. The molecule has 1 unspecified atom stereocenters. The molecule has 0 radical (unpaired) electrons. The van der Waals surface area contributed by atoms with Gasteiger partial charge in [-0.15, -0.1) is 0 Å². The maximum Gasteiger partial charge on any atom is 0.243 e. The fraction of sp³-hybridized carbons (Fsp3) is 0.714. The molecule has 0 aliphatic rings. The number of nitrogens with two attached hydrogens (primary N) is 1. The van der Waals surface area contributed by atoms with E-state index in [0.29, 0.717) is 6.42 Å². The molecule has 1 aromatic heterocycles. The van der Waals surface area contributed by atoms with Crippen LogP contribution in [0.3, 0.4) is 0 Å². The Morgan fingerprint density at radius 1 is 1.60 bits per heavy atom. The summed E-state index contributed by atoms with van der Waals surface area (Å²) < 4.78 is 26.6. The van der Waals surface area contributed by atoms with Gasteiger partial charge in [-0.05, 0) is 6.42 Å². The molecule has 3 N–H and O–H groups in total. The van der Waals surface area contributed by atoms with Crippen molar-refractivity contribution in [1.29, 1.82) is 0 Å². The van der Waals surface area contributed by atoms with Crippen LogP contribution in [0.4, 0.5) is 0 Å². The molecule has 86 valence electrons. The van der Waals surface area contributed by atoms with E-state index in [2.05, 4.69) is 10.1 Å². The minimum absolute atomic E-state index is 0.0842. The molecule has 0 bridgehead atoms. The SMILES string of the molecule is CS(=O)(=O)Cc1noc(C(N)CCO)n1. The summed E-state index contributed by atoms with van der Waals surface area (Å²) in [5.74, 6) is -0.0499. The Hall–Kier alpha value is -0.990. The van der Waals surface area contributed by atoms with Crippen LogP contribution in [0.5, 0.6) is 0 Å². The number of rotatable bonds is 5. The molecule has 1 atom stereocenters. The molecule has 15 heavy (non-hydrogen) atoms. The van der Waals surface area contributed by atoms with Crippen molar-refractivity contribution in [2.75, 3.05) is 12.9 Å². The van der Waals surface area contributed by atoms with Gasteiger partial charge in [0.05, 0.1) is 6.04 Å². The molecule has 1 rings (SSSR count). The molecule has 8 heteroatoms. The van der Waals surface area contributed by atoms with Crippen LogP contribution in [0.2, 0.25) is 0 Å². The second-order valence-electron chi connectivity index (χ2n) is 3.24. The zero-order valence-corrected chi connectivity index (χ0v) is 9.07. The number of aliphatic hydroxyl groups is 1. The second-order valence-corrected chi connectivity index (χ2v) is 5.38. The third-order valence-corrected chi connectivity index (χ3v) is 2.41. The molecule has 0 aromatic carbocycles. The lowest BCUT2D eigenvalue weighted by atomic mass is 10.2. The highest BCUT2D eigenvalue weighted by Crippen LogP contribution is 2.11. The number of hydrogen-bond acceptors (Lipinski definition) is 7. The first-order valence-electron chi connectivity index (χ1n) is 4.29. The molecule has 7 nitrogen and oxygen atoms in total. The minimum atomic E-state index is -3.18. The van der Waals surface area contributed by atoms with Crippen LogP contribution in [0.25, 0.3) is 0 Å². The van der Waals surface area contributed by atoms with Crippen LogP contribution in [-0.2, 0) is 15.6 Å². The van der Waals surface area contributed by atoms with Crippen molar-refractivity contribution in [3.8, 4) is 0 Å². The highest BCUT2D eigenvalue weighted by atomic mass is 32.2. The van der Waals surface area contributed by atoms with Gasteiger partial charge in [0.1, 0.15) is 5.75 Å². The molecular formula is C7H13N3O4S. The Morgan fingerprint density at radius 2 is 2.27 bits per heavy atom. The maximum atomic E-state index is 10.9. The van der Waals surface area contributed by atoms with Gasteiger partial charge in [-0.3, -0.25) is 0 Å². The van der Waals surface area contributed by atoms with E-state index in [1.807, 2.05) is 0 Å². The predicted octanol–water partition coefficient (Wildman–Crippen LogP) is -1.00. The average molecular weight is 235 g/mol. The molecule has 1 heterocycles. The summed E-state index contributed by atoms with van der Waals surface area (Å²) in [5.41, 5.74) is 5.58. The average Bonchev–Trinajstić information content (AvgIpc) is 2.50. The molecule has 0 aliphatic carbocycles. The van der Waals surface area contributed by atoms with Gasteiger partial charge >= 0.3 is 0 Å². The fourth-order valence-electron chi connectivity index (χ4n) is 0.974. The number of hydrogen-bond donors (Lipinski definition) is 2. The van der Waals surface area contributed by atoms with E-state index < -0.39 is 15.9 Å². The first kappa shape index (κ1) is 12.1.